The Balaban J connectivity index is 1.91. The number of aryl methyl sites for hydroxylation is 1. The lowest BCUT2D eigenvalue weighted by Crippen LogP contribution is -2.46. The molecular weight excluding hydrogens is 298 g/mol. The average Bonchev–Trinajstić information content (AvgIpc) is 2.96. The first-order valence-electron chi connectivity index (χ1n) is 7.20. The number of aromatic nitrogens is 2. The second-order valence-corrected chi connectivity index (χ2v) is 5.30. The number of benzene rings is 1. The summed E-state index contributed by atoms with van der Waals surface area (Å²) in [6.07, 6.45) is 2.56. The van der Waals surface area contributed by atoms with E-state index in [1.165, 1.54) is 7.11 Å². The van der Waals surface area contributed by atoms with E-state index in [0.717, 1.165) is 5.56 Å². The number of ether oxygens (including phenoxy) is 2. The molecule has 2 heterocycles. The quantitative estimate of drug-likeness (QED) is 0.795. The predicted molar refractivity (Wildman–Crippen MR) is 81.9 cm³/mol. The summed E-state index contributed by atoms with van der Waals surface area (Å²) in [6, 6.07) is 7.26. The second kappa shape index (κ2) is 6.12. The van der Waals surface area contributed by atoms with Crippen molar-refractivity contribution in [1.29, 1.82) is 0 Å². The van der Waals surface area contributed by atoms with Gasteiger partial charge in [-0.1, -0.05) is 12.1 Å². The van der Waals surface area contributed by atoms with Gasteiger partial charge in [0.15, 0.2) is 6.10 Å². The zero-order valence-corrected chi connectivity index (χ0v) is 12.9. The molecular formula is C16H17N3O4. The molecule has 23 heavy (non-hydrogen) atoms. The van der Waals surface area contributed by atoms with E-state index in [1.54, 1.807) is 21.8 Å². The van der Waals surface area contributed by atoms with E-state index in [1.807, 2.05) is 31.4 Å². The molecule has 0 radical (unpaired) electrons. The van der Waals surface area contributed by atoms with Crippen molar-refractivity contribution in [1.82, 2.24) is 9.78 Å². The van der Waals surface area contributed by atoms with E-state index >= 15 is 0 Å². The smallest absolute Gasteiger partial charge is 0.309 e. The fourth-order valence-electron chi connectivity index (χ4n) is 2.54. The molecule has 1 aromatic carbocycles. The molecule has 0 spiro atoms. The third-order valence-corrected chi connectivity index (χ3v) is 3.65. The number of hydrogen-bond acceptors (Lipinski definition) is 5. The van der Waals surface area contributed by atoms with Crippen molar-refractivity contribution in [3.63, 3.8) is 0 Å². The monoisotopic (exact) mass is 315 g/mol. The molecule has 0 bridgehead atoms. The van der Waals surface area contributed by atoms with Crippen molar-refractivity contribution in [3.8, 4) is 5.75 Å². The van der Waals surface area contributed by atoms with Gasteiger partial charge in [-0.05, 0) is 12.1 Å². The van der Waals surface area contributed by atoms with Crippen molar-refractivity contribution in [3.05, 3.63) is 42.2 Å². The van der Waals surface area contributed by atoms with Crippen molar-refractivity contribution >= 4 is 17.6 Å². The van der Waals surface area contributed by atoms with Gasteiger partial charge in [-0.3, -0.25) is 14.3 Å². The van der Waals surface area contributed by atoms with E-state index in [4.69, 9.17) is 4.74 Å². The number of carbonyl (C=O) groups is 2. The van der Waals surface area contributed by atoms with Crippen LogP contribution in [0.4, 0.5) is 5.69 Å². The van der Waals surface area contributed by atoms with Gasteiger partial charge in [0.2, 0.25) is 0 Å². The van der Waals surface area contributed by atoms with Gasteiger partial charge in [-0.25, -0.2) is 0 Å². The van der Waals surface area contributed by atoms with Crippen LogP contribution in [-0.2, 0) is 27.9 Å². The number of para-hydroxylation sites is 2. The van der Waals surface area contributed by atoms with E-state index in [0.29, 0.717) is 18.0 Å². The van der Waals surface area contributed by atoms with Crippen molar-refractivity contribution in [2.75, 3.05) is 12.0 Å². The van der Waals surface area contributed by atoms with Gasteiger partial charge in [0.25, 0.3) is 5.91 Å². The largest absolute Gasteiger partial charge is 0.478 e. The molecule has 0 unspecified atom stereocenters. The molecule has 3 rings (SSSR count). The molecule has 120 valence electrons. The molecule has 7 heteroatoms. The summed E-state index contributed by atoms with van der Waals surface area (Å²) in [6.45, 7) is 0.366. The van der Waals surface area contributed by atoms with Crippen LogP contribution in [-0.4, -0.2) is 34.9 Å². The number of rotatable bonds is 4. The highest BCUT2D eigenvalue weighted by atomic mass is 16.5. The van der Waals surface area contributed by atoms with E-state index in [9.17, 15) is 9.59 Å². The Kier molecular flexibility index (Phi) is 4.01. The number of fused-ring (bicyclic) bond motifs is 1. The topological polar surface area (TPSA) is 73.7 Å². The number of esters is 1. The number of carbonyl (C=O) groups excluding carboxylic acids is 2. The van der Waals surface area contributed by atoms with Crippen LogP contribution in [0.25, 0.3) is 0 Å². The molecule has 0 N–H and O–H groups in total. The summed E-state index contributed by atoms with van der Waals surface area (Å²) in [5, 5.41) is 4.12. The van der Waals surface area contributed by atoms with Crippen LogP contribution in [0, 0.1) is 0 Å². The Morgan fingerprint density at radius 3 is 2.87 bits per heavy atom. The van der Waals surface area contributed by atoms with Crippen LogP contribution in [0.2, 0.25) is 0 Å². The maximum atomic E-state index is 12.7. The lowest BCUT2D eigenvalue weighted by Gasteiger charge is -2.33. The average molecular weight is 315 g/mol. The minimum absolute atomic E-state index is 0.118. The van der Waals surface area contributed by atoms with Crippen molar-refractivity contribution in [2.24, 2.45) is 7.05 Å². The minimum atomic E-state index is -0.881. The first kappa shape index (κ1) is 15.1. The van der Waals surface area contributed by atoms with Gasteiger partial charge >= 0.3 is 5.97 Å². The SMILES string of the molecule is COC(=O)C[C@H]1Oc2ccccc2N(Cc2cnn(C)c2)C1=O. The summed E-state index contributed by atoms with van der Waals surface area (Å²) < 4.78 is 12.0. The number of amides is 1. The van der Waals surface area contributed by atoms with Gasteiger partial charge in [0.05, 0.1) is 32.0 Å². The van der Waals surface area contributed by atoms with Gasteiger partial charge in [-0.2, -0.15) is 5.10 Å². The molecule has 1 aromatic heterocycles. The van der Waals surface area contributed by atoms with Crippen LogP contribution in [0.1, 0.15) is 12.0 Å². The zero-order chi connectivity index (χ0) is 16.4. The third-order valence-electron chi connectivity index (χ3n) is 3.65. The first-order chi connectivity index (χ1) is 11.1. The summed E-state index contributed by atoms with van der Waals surface area (Å²) in [7, 11) is 3.11. The number of methoxy groups -OCH3 is 1. The van der Waals surface area contributed by atoms with E-state index < -0.39 is 12.1 Å². The maximum Gasteiger partial charge on any atom is 0.309 e. The molecule has 1 amide bonds. The van der Waals surface area contributed by atoms with Gasteiger partial charge in [-0.15, -0.1) is 0 Å². The summed E-state index contributed by atoms with van der Waals surface area (Å²) in [4.78, 5) is 25.9. The van der Waals surface area contributed by atoms with E-state index in [-0.39, 0.29) is 12.3 Å². The molecule has 0 aliphatic carbocycles. The number of anilines is 1. The molecule has 0 fully saturated rings. The fourth-order valence-corrected chi connectivity index (χ4v) is 2.54. The Labute approximate surface area is 133 Å². The Hall–Kier alpha value is -2.83. The molecule has 0 saturated carbocycles. The Morgan fingerprint density at radius 1 is 1.39 bits per heavy atom. The normalized spacial score (nSPS) is 16.7. The highest BCUT2D eigenvalue weighted by molar-refractivity contribution is 6.01. The van der Waals surface area contributed by atoms with Crippen LogP contribution in [0.3, 0.4) is 0 Å². The predicted octanol–water partition coefficient (Wildman–Crippen LogP) is 1.28. The van der Waals surface area contributed by atoms with Gasteiger partial charge < -0.3 is 14.4 Å². The number of hydrogen-bond donors (Lipinski definition) is 0. The lowest BCUT2D eigenvalue weighted by atomic mass is 10.1. The maximum absolute atomic E-state index is 12.7. The molecule has 2 aromatic rings. The third kappa shape index (κ3) is 3.03. The molecule has 1 aliphatic rings. The Bertz CT molecular complexity index is 740. The molecule has 1 atom stereocenters. The standard InChI is InChI=1S/C16H17N3O4/c1-18-9-11(8-17-18)10-19-12-5-3-4-6-13(12)23-14(16(19)21)7-15(20)22-2/h3-6,8-9,14H,7,10H2,1-2H3/t14-/m1/s1. The highest BCUT2D eigenvalue weighted by Crippen LogP contribution is 2.35. The van der Waals surface area contributed by atoms with Gasteiger partial charge in [0.1, 0.15) is 5.75 Å². The summed E-state index contributed by atoms with van der Waals surface area (Å²) in [5.41, 5.74) is 1.58. The van der Waals surface area contributed by atoms with Crippen LogP contribution < -0.4 is 9.64 Å². The van der Waals surface area contributed by atoms with Crippen LogP contribution in [0.15, 0.2) is 36.7 Å². The Morgan fingerprint density at radius 2 is 2.17 bits per heavy atom. The summed E-state index contributed by atoms with van der Waals surface area (Å²) in [5.74, 6) is -0.174. The molecule has 1 aliphatic heterocycles. The van der Waals surface area contributed by atoms with Crippen molar-refractivity contribution in [2.45, 2.75) is 19.1 Å². The van der Waals surface area contributed by atoms with Crippen molar-refractivity contribution < 1.29 is 19.1 Å². The first-order valence-corrected chi connectivity index (χ1v) is 7.20. The zero-order valence-electron chi connectivity index (χ0n) is 12.9. The van der Waals surface area contributed by atoms with Crippen LogP contribution >= 0.6 is 0 Å². The molecule has 0 saturated heterocycles. The minimum Gasteiger partial charge on any atom is -0.478 e. The fraction of sp³-hybridized carbons (Fsp3) is 0.312. The molecule has 7 nitrogen and oxygen atoms in total. The second-order valence-electron chi connectivity index (χ2n) is 5.30. The van der Waals surface area contributed by atoms with E-state index in [2.05, 4.69) is 9.84 Å². The highest BCUT2D eigenvalue weighted by Gasteiger charge is 2.36. The van der Waals surface area contributed by atoms with Crippen LogP contribution in [0.5, 0.6) is 5.75 Å². The lowest BCUT2D eigenvalue weighted by molar-refractivity contribution is -0.145. The summed E-state index contributed by atoms with van der Waals surface area (Å²) >= 11 is 0. The number of nitrogens with zero attached hydrogens (tertiary/aromatic N) is 3. The van der Waals surface area contributed by atoms with Gasteiger partial charge in [0, 0.05) is 18.8 Å².